The Labute approximate surface area is 161 Å². The zero-order chi connectivity index (χ0) is 19.8. The number of ketones is 1. The van der Waals surface area contributed by atoms with Gasteiger partial charge in [-0.1, -0.05) is 55.8 Å². The van der Waals surface area contributed by atoms with E-state index in [0.717, 1.165) is 11.1 Å². The van der Waals surface area contributed by atoms with E-state index in [-0.39, 0.29) is 22.5 Å². The van der Waals surface area contributed by atoms with E-state index in [0.29, 0.717) is 12.1 Å². The fourth-order valence-corrected chi connectivity index (χ4v) is 5.33. The number of para-hydroxylation sites is 1. The predicted molar refractivity (Wildman–Crippen MR) is 108 cm³/mol. The van der Waals surface area contributed by atoms with Crippen molar-refractivity contribution in [2.45, 2.75) is 44.0 Å². The van der Waals surface area contributed by atoms with Crippen LogP contribution >= 0.6 is 0 Å². The molecule has 0 bridgehead atoms. The monoisotopic (exact) mass is 383 g/mol. The van der Waals surface area contributed by atoms with Crippen LogP contribution in [-0.4, -0.2) is 20.2 Å². The van der Waals surface area contributed by atoms with E-state index < -0.39 is 16.1 Å². The van der Waals surface area contributed by atoms with Crippen molar-refractivity contribution in [3.63, 3.8) is 0 Å². The van der Waals surface area contributed by atoms with Gasteiger partial charge >= 0.3 is 0 Å². The summed E-state index contributed by atoms with van der Waals surface area (Å²) in [5, 5.41) is 0. The van der Waals surface area contributed by atoms with Gasteiger partial charge in [0.25, 0.3) is 10.0 Å². The van der Waals surface area contributed by atoms with Gasteiger partial charge in [0.1, 0.15) is 6.04 Å². The summed E-state index contributed by atoms with van der Waals surface area (Å²) in [5.41, 5.74) is 2.36. The van der Waals surface area contributed by atoms with Crippen LogP contribution in [0.25, 0.3) is 0 Å². The molecule has 1 heterocycles. The van der Waals surface area contributed by atoms with E-state index in [9.17, 15) is 13.2 Å². The lowest BCUT2D eigenvalue weighted by atomic mass is 9.90. The molecule has 0 amide bonds. The van der Waals surface area contributed by atoms with Crippen molar-refractivity contribution in [3.8, 4) is 0 Å². The molecule has 27 heavy (non-hydrogen) atoms. The molecule has 5 heteroatoms. The molecular formula is C22H25NO3S. The minimum atomic E-state index is -3.88. The molecule has 0 aliphatic carbocycles. The second kappa shape index (κ2) is 7.31. The Morgan fingerprint density at radius 1 is 1.15 bits per heavy atom. The standard InChI is InChI=1S/C22H25NO3S/c1-5-18-19-8-6-7-9-20(19)23(22(18)21(24)14-15(2)3)27(25,26)17-12-10-16(4)11-13-17/h5-13,15,18,22H,1,14H2,2-4H3/t18-,22-/m1/s1. The van der Waals surface area contributed by atoms with Crippen LogP contribution in [-0.2, 0) is 14.8 Å². The van der Waals surface area contributed by atoms with Gasteiger partial charge in [-0.15, -0.1) is 6.58 Å². The Bertz CT molecular complexity index is 961. The first-order valence-corrected chi connectivity index (χ1v) is 10.6. The lowest BCUT2D eigenvalue weighted by Gasteiger charge is -2.28. The Kier molecular flexibility index (Phi) is 5.24. The highest BCUT2D eigenvalue weighted by Crippen LogP contribution is 2.45. The second-order valence-corrected chi connectivity index (χ2v) is 9.26. The minimum absolute atomic E-state index is 0.0817. The first-order chi connectivity index (χ1) is 12.8. The Morgan fingerprint density at radius 2 is 1.78 bits per heavy atom. The highest BCUT2D eigenvalue weighted by Gasteiger charge is 2.46. The smallest absolute Gasteiger partial charge is 0.265 e. The topological polar surface area (TPSA) is 54.5 Å². The number of fused-ring (bicyclic) bond motifs is 1. The number of aryl methyl sites for hydroxylation is 1. The number of hydrogen-bond acceptors (Lipinski definition) is 3. The van der Waals surface area contributed by atoms with Crippen molar-refractivity contribution in [3.05, 3.63) is 72.3 Å². The Morgan fingerprint density at radius 3 is 2.37 bits per heavy atom. The fourth-order valence-electron chi connectivity index (χ4n) is 3.65. The zero-order valence-electron chi connectivity index (χ0n) is 15.9. The first-order valence-electron chi connectivity index (χ1n) is 9.12. The summed E-state index contributed by atoms with van der Waals surface area (Å²) >= 11 is 0. The van der Waals surface area contributed by atoms with Gasteiger partial charge < -0.3 is 0 Å². The minimum Gasteiger partial charge on any atom is -0.297 e. The van der Waals surface area contributed by atoms with Crippen molar-refractivity contribution >= 4 is 21.5 Å². The van der Waals surface area contributed by atoms with E-state index in [1.807, 2.05) is 32.9 Å². The molecule has 1 aliphatic rings. The van der Waals surface area contributed by atoms with Gasteiger partial charge in [0, 0.05) is 12.3 Å². The molecule has 0 N–H and O–H groups in total. The highest BCUT2D eigenvalue weighted by molar-refractivity contribution is 7.93. The molecule has 2 atom stereocenters. The molecule has 1 aliphatic heterocycles. The number of carbonyl (C=O) groups excluding carboxylic acids is 1. The van der Waals surface area contributed by atoms with Crippen LogP contribution in [0.2, 0.25) is 0 Å². The molecule has 3 rings (SSSR count). The molecule has 142 valence electrons. The maximum atomic E-state index is 13.5. The molecular weight excluding hydrogens is 358 g/mol. The van der Waals surface area contributed by atoms with E-state index in [1.165, 1.54) is 4.31 Å². The van der Waals surface area contributed by atoms with Gasteiger partial charge in [0.2, 0.25) is 0 Å². The third-order valence-electron chi connectivity index (χ3n) is 4.90. The molecule has 0 saturated heterocycles. The third kappa shape index (κ3) is 3.44. The van der Waals surface area contributed by atoms with Crippen LogP contribution < -0.4 is 4.31 Å². The number of benzene rings is 2. The lowest BCUT2D eigenvalue weighted by Crippen LogP contribution is -2.44. The third-order valence-corrected chi connectivity index (χ3v) is 6.71. The average molecular weight is 384 g/mol. The van der Waals surface area contributed by atoms with E-state index in [1.54, 1.807) is 42.5 Å². The number of sulfonamides is 1. The number of nitrogens with zero attached hydrogens (tertiary/aromatic N) is 1. The molecule has 2 aromatic carbocycles. The number of rotatable bonds is 6. The molecule has 0 radical (unpaired) electrons. The normalized spacial score (nSPS) is 19.2. The summed E-state index contributed by atoms with van der Waals surface area (Å²) in [7, 11) is -3.88. The fraction of sp³-hybridized carbons (Fsp3) is 0.318. The van der Waals surface area contributed by atoms with Crippen LogP contribution in [0.4, 0.5) is 5.69 Å². The number of Topliss-reactive ketones (excluding diaryl/α,β-unsaturated/α-hetero) is 1. The molecule has 4 nitrogen and oxygen atoms in total. The van der Waals surface area contributed by atoms with Crippen LogP contribution in [0.15, 0.2) is 66.1 Å². The average Bonchev–Trinajstić information content (AvgIpc) is 2.96. The zero-order valence-corrected chi connectivity index (χ0v) is 16.7. The van der Waals surface area contributed by atoms with E-state index >= 15 is 0 Å². The summed E-state index contributed by atoms with van der Waals surface area (Å²) < 4.78 is 28.3. The quantitative estimate of drug-likeness (QED) is 0.692. The maximum absolute atomic E-state index is 13.5. The Hall–Kier alpha value is -2.40. The second-order valence-electron chi connectivity index (χ2n) is 7.44. The van der Waals surface area contributed by atoms with Gasteiger partial charge in [-0.2, -0.15) is 0 Å². The highest BCUT2D eigenvalue weighted by atomic mass is 32.2. The van der Waals surface area contributed by atoms with Crippen LogP contribution in [0.1, 0.15) is 37.3 Å². The van der Waals surface area contributed by atoms with Crippen LogP contribution in [0.5, 0.6) is 0 Å². The molecule has 0 saturated carbocycles. The summed E-state index contributed by atoms with van der Waals surface area (Å²) in [4.78, 5) is 13.3. The summed E-state index contributed by atoms with van der Waals surface area (Å²) in [6, 6.07) is 13.2. The lowest BCUT2D eigenvalue weighted by molar-refractivity contribution is -0.120. The predicted octanol–water partition coefficient (Wildman–Crippen LogP) is 4.46. The van der Waals surface area contributed by atoms with Crippen molar-refractivity contribution in [2.75, 3.05) is 4.31 Å². The molecule has 0 spiro atoms. The van der Waals surface area contributed by atoms with Gasteiger partial charge in [0.05, 0.1) is 10.6 Å². The summed E-state index contributed by atoms with van der Waals surface area (Å²) in [6.45, 7) is 9.71. The van der Waals surface area contributed by atoms with E-state index in [4.69, 9.17) is 0 Å². The van der Waals surface area contributed by atoms with Gasteiger partial charge in [-0.25, -0.2) is 8.42 Å². The van der Waals surface area contributed by atoms with Crippen molar-refractivity contribution in [2.24, 2.45) is 5.92 Å². The van der Waals surface area contributed by atoms with Gasteiger partial charge in [-0.05, 0) is 36.6 Å². The number of anilines is 1. The Balaban J connectivity index is 2.18. The van der Waals surface area contributed by atoms with Gasteiger partial charge in [-0.3, -0.25) is 9.10 Å². The first kappa shape index (κ1) is 19.4. The number of hydrogen-bond donors (Lipinski definition) is 0. The summed E-state index contributed by atoms with van der Waals surface area (Å²) in [6.07, 6.45) is 2.01. The maximum Gasteiger partial charge on any atom is 0.265 e. The largest absolute Gasteiger partial charge is 0.297 e. The van der Waals surface area contributed by atoms with Crippen molar-refractivity contribution in [1.82, 2.24) is 0 Å². The molecule has 0 aromatic heterocycles. The van der Waals surface area contributed by atoms with E-state index in [2.05, 4.69) is 6.58 Å². The van der Waals surface area contributed by atoms with Crippen LogP contribution in [0, 0.1) is 12.8 Å². The van der Waals surface area contributed by atoms with Crippen molar-refractivity contribution in [1.29, 1.82) is 0 Å². The van der Waals surface area contributed by atoms with Crippen LogP contribution in [0.3, 0.4) is 0 Å². The SMILES string of the molecule is C=C[C@@H]1c2ccccc2N(S(=O)(=O)c2ccc(C)cc2)[C@H]1C(=O)CC(C)C. The molecule has 0 fully saturated rings. The van der Waals surface area contributed by atoms with Gasteiger partial charge in [0.15, 0.2) is 5.78 Å². The molecule has 2 aromatic rings. The summed E-state index contributed by atoms with van der Waals surface area (Å²) in [5.74, 6) is -0.287. The van der Waals surface area contributed by atoms with Crippen molar-refractivity contribution < 1.29 is 13.2 Å². The molecule has 0 unspecified atom stereocenters. The number of carbonyl (C=O) groups is 1.